The minimum Gasteiger partial charge on any atom is -0.486 e. The Morgan fingerprint density at radius 2 is 1.26 bits per heavy atom. The largest absolute Gasteiger partial charge is 0.486 e. The number of ether oxygens (including phenoxy) is 2. The van der Waals surface area contributed by atoms with Gasteiger partial charge in [0.25, 0.3) is 0 Å². The molecule has 0 radical (unpaired) electrons. The van der Waals surface area contributed by atoms with Crippen LogP contribution in [0.5, 0.6) is 11.5 Å². The molecule has 100 valence electrons. The molecule has 3 nitrogen and oxygen atoms in total. The summed E-state index contributed by atoms with van der Waals surface area (Å²) in [5, 5.41) is 4.80. The highest BCUT2D eigenvalue weighted by Gasteiger charge is 2.22. The van der Waals surface area contributed by atoms with Crippen molar-refractivity contribution in [3.63, 3.8) is 0 Å². The lowest BCUT2D eigenvalue weighted by Gasteiger charge is -2.23. The second-order valence-electron chi connectivity index (χ2n) is 4.88. The van der Waals surface area contributed by atoms with Crippen LogP contribution in [0.4, 0.5) is 0 Å². The molecule has 1 aliphatic rings. The van der Waals surface area contributed by atoms with Crippen molar-refractivity contribution in [2.24, 2.45) is 0 Å². The number of hydrogen-bond acceptors (Lipinski definition) is 2. The minimum atomic E-state index is 0.626. The fourth-order valence-corrected chi connectivity index (χ4v) is 2.95. The van der Waals surface area contributed by atoms with E-state index < -0.39 is 0 Å². The molecule has 0 saturated heterocycles. The standard InChI is InChI=1S/C16H19NO2/c1-5-11-13-9(3)15-16(19-8-7-18-15)10(4)14(13)12(6-2)17-11/h5-6,17H,7-8H2,1-4H3/b11-5-,12-6-. The van der Waals surface area contributed by atoms with Crippen molar-refractivity contribution in [3.8, 4) is 11.5 Å². The second kappa shape index (κ2) is 4.34. The highest BCUT2D eigenvalue weighted by atomic mass is 16.6. The summed E-state index contributed by atoms with van der Waals surface area (Å²) in [6.07, 6.45) is 4.22. The van der Waals surface area contributed by atoms with Gasteiger partial charge in [-0.2, -0.15) is 0 Å². The van der Waals surface area contributed by atoms with Crippen molar-refractivity contribution in [2.75, 3.05) is 13.2 Å². The molecule has 1 aliphatic heterocycles. The van der Waals surface area contributed by atoms with E-state index in [-0.39, 0.29) is 0 Å². The molecule has 1 aromatic heterocycles. The molecule has 0 amide bonds. The smallest absolute Gasteiger partial charge is 0.165 e. The number of rotatable bonds is 0. The zero-order chi connectivity index (χ0) is 13.6. The predicted molar refractivity (Wildman–Crippen MR) is 78.3 cm³/mol. The van der Waals surface area contributed by atoms with E-state index in [1.54, 1.807) is 0 Å². The second-order valence-corrected chi connectivity index (χ2v) is 4.88. The van der Waals surface area contributed by atoms with Crippen LogP contribution in [-0.2, 0) is 0 Å². The fourth-order valence-electron chi connectivity index (χ4n) is 2.95. The van der Waals surface area contributed by atoms with Crippen LogP contribution in [0, 0.1) is 13.8 Å². The van der Waals surface area contributed by atoms with Crippen LogP contribution < -0.4 is 20.2 Å². The molecule has 0 aliphatic carbocycles. The molecule has 0 bridgehead atoms. The van der Waals surface area contributed by atoms with Crippen molar-refractivity contribution in [3.05, 3.63) is 21.8 Å². The van der Waals surface area contributed by atoms with E-state index >= 15 is 0 Å². The first-order chi connectivity index (χ1) is 9.19. The third kappa shape index (κ3) is 1.57. The van der Waals surface area contributed by atoms with Gasteiger partial charge in [0.05, 0.1) is 0 Å². The average Bonchev–Trinajstić information content (AvgIpc) is 2.83. The summed E-state index contributed by atoms with van der Waals surface area (Å²) in [7, 11) is 0. The number of aromatic amines is 1. The topological polar surface area (TPSA) is 34.2 Å². The molecular formula is C16H19NO2. The van der Waals surface area contributed by atoms with Gasteiger partial charge in [-0.05, 0) is 27.7 Å². The van der Waals surface area contributed by atoms with E-state index in [4.69, 9.17) is 9.47 Å². The average molecular weight is 257 g/mol. The molecule has 0 unspecified atom stereocenters. The van der Waals surface area contributed by atoms with Crippen molar-refractivity contribution >= 4 is 22.9 Å². The van der Waals surface area contributed by atoms with Crippen molar-refractivity contribution in [1.29, 1.82) is 0 Å². The molecule has 0 saturated carbocycles. The quantitative estimate of drug-likeness (QED) is 0.784. The van der Waals surface area contributed by atoms with Gasteiger partial charge in [-0.1, -0.05) is 12.2 Å². The lowest BCUT2D eigenvalue weighted by atomic mass is 10.0. The zero-order valence-electron chi connectivity index (χ0n) is 11.9. The fraction of sp³-hybridized carbons (Fsp3) is 0.375. The van der Waals surface area contributed by atoms with Crippen LogP contribution in [0.25, 0.3) is 22.9 Å². The Hall–Kier alpha value is -1.90. The Labute approximate surface area is 112 Å². The van der Waals surface area contributed by atoms with Crippen molar-refractivity contribution in [2.45, 2.75) is 27.7 Å². The summed E-state index contributed by atoms with van der Waals surface area (Å²) in [6.45, 7) is 9.57. The molecule has 3 heteroatoms. The monoisotopic (exact) mass is 257 g/mol. The van der Waals surface area contributed by atoms with E-state index in [2.05, 4.69) is 44.8 Å². The summed E-state index contributed by atoms with van der Waals surface area (Å²) >= 11 is 0. The maximum Gasteiger partial charge on any atom is 0.165 e. The van der Waals surface area contributed by atoms with E-state index in [9.17, 15) is 0 Å². The molecule has 0 fully saturated rings. The number of hydrogen-bond donors (Lipinski definition) is 1. The Bertz CT molecular complexity index is 705. The minimum absolute atomic E-state index is 0.626. The van der Waals surface area contributed by atoms with Crippen LogP contribution in [0.3, 0.4) is 0 Å². The summed E-state index contributed by atoms with van der Waals surface area (Å²) in [4.78, 5) is 3.47. The molecule has 19 heavy (non-hydrogen) atoms. The predicted octanol–water partition coefficient (Wildman–Crippen LogP) is 2.16. The van der Waals surface area contributed by atoms with Crippen LogP contribution >= 0.6 is 0 Å². The number of H-pyrrole nitrogens is 1. The highest BCUT2D eigenvalue weighted by molar-refractivity contribution is 5.94. The summed E-state index contributed by atoms with van der Waals surface area (Å²) in [6, 6.07) is 0. The molecule has 1 aromatic carbocycles. The van der Waals surface area contributed by atoms with Gasteiger partial charge in [0.15, 0.2) is 11.5 Å². The van der Waals surface area contributed by atoms with Gasteiger partial charge in [-0.3, -0.25) is 0 Å². The van der Waals surface area contributed by atoms with Gasteiger partial charge in [-0.25, -0.2) is 0 Å². The van der Waals surface area contributed by atoms with Gasteiger partial charge >= 0.3 is 0 Å². The molecule has 0 spiro atoms. The van der Waals surface area contributed by atoms with Crippen LogP contribution in [0.2, 0.25) is 0 Å². The number of benzene rings is 1. The number of nitrogens with one attached hydrogen (secondary N) is 1. The first kappa shape index (κ1) is 12.2. The normalized spacial score (nSPS) is 16.4. The number of aryl methyl sites for hydroxylation is 2. The molecule has 2 heterocycles. The Morgan fingerprint density at radius 1 is 0.842 bits per heavy atom. The Balaban J connectivity index is 2.60. The van der Waals surface area contributed by atoms with Gasteiger partial charge in [0.1, 0.15) is 13.2 Å². The van der Waals surface area contributed by atoms with Gasteiger partial charge < -0.3 is 14.5 Å². The summed E-state index contributed by atoms with van der Waals surface area (Å²) < 4.78 is 11.6. The first-order valence-corrected chi connectivity index (χ1v) is 6.72. The molecule has 1 N–H and O–H groups in total. The maximum atomic E-state index is 5.82. The molecule has 3 rings (SSSR count). The zero-order valence-corrected chi connectivity index (χ0v) is 11.9. The van der Waals surface area contributed by atoms with Gasteiger partial charge in [0.2, 0.25) is 0 Å². The third-order valence-electron chi connectivity index (χ3n) is 3.85. The lowest BCUT2D eigenvalue weighted by Crippen LogP contribution is -2.18. The SMILES string of the molecule is C/C=c1\[nH]/c(=C\C)c2c(C)c3c(c(C)c12)OCCO3. The van der Waals surface area contributed by atoms with Crippen molar-refractivity contribution < 1.29 is 9.47 Å². The molecule has 0 atom stereocenters. The van der Waals surface area contributed by atoms with Gasteiger partial charge in [0, 0.05) is 32.6 Å². The van der Waals surface area contributed by atoms with Gasteiger partial charge in [-0.15, -0.1) is 0 Å². The lowest BCUT2D eigenvalue weighted by molar-refractivity contribution is 0.170. The van der Waals surface area contributed by atoms with Crippen molar-refractivity contribution in [1.82, 2.24) is 4.98 Å². The summed E-state index contributed by atoms with van der Waals surface area (Å²) in [5.41, 5.74) is 2.32. The molecular weight excluding hydrogens is 238 g/mol. The van der Waals surface area contributed by atoms with E-state index in [0.717, 1.165) is 33.3 Å². The number of aromatic nitrogens is 1. The molecule has 2 aromatic rings. The number of fused-ring (bicyclic) bond motifs is 2. The van der Waals surface area contributed by atoms with Crippen LogP contribution in [0.1, 0.15) is 25.0 Å². The summed E-state index contributed by atoms with van der Waals surface area (Å²) in [5.74, 6) is 1.81. The van der Waals surface area contributed by atoms with E-state index in [0.29, 0.717) is 13.2 Å². The van der Waals surface area contributed by atoms with Crippen LogP contribution in [-0.4, -0.2) is 18.2 Å². The highest BCUT2D eigenvalue weighted by Crippen LogP contribution is 2.40. The van der Waals surface area contributed by atoms with Crippen LogP contribution in [0.15, 0.2) is 0 Å². The maximum absolute atomic E-state index is 5.82. The van der Waals surface area contributed by atoms with E-state index in [1.807, 2.05) is 0 Å². The Kier molecular flexibility index (Phi) is 2.77. The van der Waals surface area contributed by atoms with E-state index in [1.165, 1.54) is 10.8 Å². The first-order valence-electron chi connectivity index (χ1n) is 6.72. The third-order valence-corrected chi connectivity index (χ3v) is 3.85. The Morgan fingerprint density at radius 3 is 1.63 bits per heavy atom.